The van der Waals surface area contributed by atoms with E-state index in [-0.39, 0.29) is 30.1 Å². The van der Waals surface area contributed by atoms with Gasteiger partial charge in [0.05, 0.1) is 13.2 Å². The number of esters is 1. The van der Waals surface area contributed by atoms with E-state index in [0.29, 0.717) is 0 Å². The zero-order valence-corrected chi connectivity index (χ0v) is 14.1. The van der Waals surface area contributed by atoms with Crippen LogP contribution < -0.4 is 0 Å². The lowest BCUT2D eigenvalue weighted by Crippen LogP contribution is -2.22. The first-order valence-corrected chi connectivity index (χ1v) is 8.05. The van der Waals surface area contributed by atoms with Crippen LogP contribution >= 0.6 is 0 Å². The molecule has 0 atom stereocenters. The van der Waals surface area contributed by atoms with Gasteiger partial charge in [0.1, 0.15) is 17.2 Å². The molecule has 1 aromatic heterocycles. The monoisotopic (exact) mass is 353 g/mol. The molecule has 0 fully saturated rings. The van der Waals surface area contributed by atoms with Gasteiger partial charge in [-0.2, -0.15) is 0 Å². The maximum absolute atomic E-state index is 14.2. The molecule has 0 radical (unpaired) electrons. The molecular formula is C19H16FN3O3. The Morgan fingerprint density at radius 2 is 1.77 bits per heavy atom. The van der Waals surface area contributed by atoms with Crippen molar-refractivity contribution in [3.05, 3.63) is 71.7 Å². The van der Waals surface area contributed by atoms with Crippen molar-refractivity contribution in [2.45, 2.75) is 13.5 Å². The lowest BCUT2D eigenvalue weighted by molar-refractivity contribution is -0.137. The molecule has 0 aliphatic heterocycles. The average Bonchev–Trinajstić information content (AvgIpc) is 3.05. The van der Waals surface area contributed by atoms with Gasteiger partial charge in [0.25, 0.3) is 5.78 Å². The van der Waals surface area contributed by atoms with Crippen LogP contribution in [0.3, 0.4) is 0 Å². The number of carbonyl (C=O) groups excluding carboxylic acids is 2. The highest BCUT2D eigenvalue weighted by molar-refractivity contribution is 6.41. The molecule has 0 aliphatic rings. The smallest absolute Gasteiger partial charge is 0.381 e. The second-order valence-electron chi connectivity index (χ2n) is 5.46. The number of aromatic nitrogens is 3. The number of benzene rings is 2. The van der Waals surface area contributed by atoms with Gasteiger partial charge >= 0.3 is 5.97 Å². The van der Waals surface area contributed by atoms with Crippen LogP contribution in [-0.2, 0) is 16.1 Å². The van der Waals surface area contributed by atoms with Crippen molar-refractivity contribution in [1.82, 2.24) is 15.0 Å². The fourth-order valence-electron chi connectivity index (χ4n) is 2.53. The summed E-state index contributed by atoms with van der Waals surface area (Å²) in [5.41, 5.74) is 0.865. The predicted octanol–water partition coefficient (Wildman–Crippen LogP) is 2.88. The minimum atomic E-state index is -1.03. The third-order valence-corrected chi connectivity index (χ3v) is 3.72. The van der Waals surface area contributed by atoms with Gasteiger partial charge in [-0.3, -0.25) is 4.79 Å². The summed E-state index contributed by atoms with van der Waals surface area (Å²) in [6.45, 7) is 1.87. The van der Waals surface area contributed by atoms with Gasteiger partial charge in [-0.05, 0) is 24.6 Å². The second-order valence-corrected chi connectivity index (χ2v) is 5.46. The van der Waals surface area contributed by atoms with Crippen LogP contribution in [0.25, 0.3) is 11.3 Å². The Morgan fingerprint density at radius 1 is 1.08 bits per heavy atom. The van der Waals surface area contributed by atoms with E-state index in [1.165, 1.54) is 22.9 Å². The van der Waals surface area contributed by atoms with Crippen molar-refractivity contribution >= 4 is 11.8 Å². The molecule has 3 rings (SSSR count). The Hall–Kier alpha value is -3.35. The van der Waals surface area contributed by atoms with Crippen LogP contribution in [0.2, 0.25) is 0 Å². The van der Waals surface area contributed by atoms with Crippen molar-refractivity contribution in [2.75, 3.05) is 6.61 Å². The number of hydrogen-bond donors (Lipinski definition) is 0. The highest BCUT2D eigenvalue weighted by Gasteiger charge is 2.29. The quantitative estimate of drug-likeness (QED) is 0.387. The second kappa shape index (κ2) is 7.69. The summed E-state index contributed by atoms with van der Waals surface area (Å²) in [4.78, 5) is 24.6. The summed E-state index contributed by atoms with van der Waals surface area (Å²) in [5.74, 6) is -2.50. The molecule has 3 aromatic rings. The van der Waals surface area contributed by atoms with E-state index in [1.807, 2.05) is 30.3 Å². The number of rotatable bonds is 6. The maximum Gasteiger partial charge on any atom is 0.381 e. The lowest BCUT2D eigenvalue weighted by Gasteiger charge is -2.08. The number of nitrogens with zero attached hydrogens (tertiary/aromatic N) is 3. The molecule has 26 heavy (non-hydrogen) atoms. The SMILES string of the molecule is CCOC(=O)C(=O)c1c(-c2ccccc2F)nnn1Cc1ccccc1. The average molecular weight is 353 g/mol. The van der Waals surface area contributed by atoms with Crippen LogP contribution in [0.15, 0.2) is 54.6 Å². The summed E-state index contributed by atoms with van der Waals surface area (Å²) >= 11 is 0. The molecular weight excluding hydrogens is 337 g/mol. The van der Waals surface area contributed by atoms with Crippen molar-refractivity contribution in [2.24, 2.45) is 0 Å². The Morgan fingerprint density at radius 3 is 2.46 bits per heavy atom. The van der Waals surface area contributed by atoms with Crippen LogP contribution in [0.5, 0.6) is 0 Å². The normalized spacial score (nSPS) is 10.5. The van der Waals surface area contributed by atoms with E-state index in [9.17, 15) is 14.0 Å². The fourth-order valence-corrected chi connectivity index (χ4v) is 2.53. The minimum absolute atomic E-state index is 0.0112. The zero-order valence-electron chi connectivity index (χ0n) is 14.1. The van der Waals surface area contributed by atoms with Gasteiger partial charge in [0, 0.05) is 5.56 Å². The van der Waals surface area contributed by atoms with Crippen LogP contribution in [-0.4, -0.2) is 33.4 Å². The molecule has 0 aliphatic carbocycles. The van der Waals surface area contributed by atoms with E-state index >= 15 is 0 Å². The predicted molar refractivity (Wildman–Crippen MR) is 91.9 cm³/mol. The summed E-state index contributed by atoms with van der Waals surface area (Å²) in [6, 6.07) is 15.1. The van der Waals surface area contributed by atoms with Gasteiger partial charge in [-0.25, -0.2) is 13.9 Å². The standard InChI is InChI=1S/C19H16FN3O3/c1-2-26-19(25)18(24)17-16(14-10-6-7-11-15(14)20)21-22-23(17)12-13-8-4-3-5-9-13/h3-11H,2,12H2,1H3. The molecule has 1 heterocycles. The number of ketones is 1. The van der Waals surface area contributed by atoms with Crippen LogP contribution in [0.4, 0.5) is 4.39 Å². The third kappa shape index (κ3) is 3.51. The number of halogens is 1. The van der Waals surface area contributed by atoms with Crippen molar-refractivity contribution < 1.29 is 18.7 Å². The fraction of sp³-hybridized carbons (Fsp3) is 0.158. The first-order valence-electron chi connectivity index (χ1n) is 8.05. The third-order valence-electron chi connectivity index (χ3n) is 3.72. The number of ether oxygens (including phenoxy) is 1. The molecule has 0 saturated heterocycles. The lowest BCUT2D eigenvalue weighted by atomic mass is 10.1. The van der Waals surface area contributed by atoms with E-state index in [1.54, 1.807) is 13.0 Å². The summed E-state index contributed by atoms with van der Waals surface area (Å²) in [7, 11) is 0. The molecule has 0 saturated carbocycles. The van der Waals surface area contributed by atoms with Crippen molar-refractivity contribution in [3.8, 4) is 11.3 Å². The summed E-state index contributed by atoms with van der Waals surface area (Å²) < 4.78 is 20.3. The Kier molecular flexibility index (Phi) is 5.17. The minimum Gasteiger partial charge on any atom is -0.460 e. The highest BCUT2D eigenvalue weighted by Crippen LogP contribution is 2.25. The first-order chi connectivity index (χ1) is 12.6. The van der Waals surface area contributed by atoms with Gasteiger partial charge in [-0.1, -0.05) is 47.7 Å². The van der Waals surface area contributed by atoms with Crippen molar-refractivity contribution in [1.29, 1.82) is 0 Å². The molecule has 0 unspecified atom stereocenters. The molecule has 6 nitrogen and oxygen atoms in total. The number of carbonyl (C=O) groups is 2. The topological polar surface area (TPSA) is 74.1 Å². The van der Waals surface area contributed by atoms with Crippen LogP contribution in [0.1, 0.15) is 23.0 Å². The first kappa shape index (κ1) is 17.5. The van der Waals surface area contributed by atoms with Gasteiger partial charge in [0.15, 0.2) is 0 Å². The molecule has 132 valence electrons. The Labute approximate surface area is 149 Å². The van der Waals surface area contributed by atoms with E-state index in [4.69, 9.17) is 4.74 Å². The van der Waals surface area contributed by atoms with E-state index in [2.05, 4.69) is 10.3 Å². The summed E-state index contributed by atoms with van der Waals surface area (Å²) in [6.07, 6.45) is 0. The molecule has 0 N–H and O–H groups in total. The largest absolute Gasteiger partial charge is 0.460 e. The molecule has 0 spiro atoms. The number of Topliss-reactive ketones (excluding diaryl/α,β-unsaturated/α-hetero) is 1. The van der Waals surface area contributed by atoms with Gasteiger partial charge in [-0.15, -0.1) is 5.10 Å². The van der Waals surface area contributed by atoms with E-state index < -0.39 is 17.6 Å². The molecule has 7 heteroatoms. The maximum atomic E-state index is 14.2. The Bertz CT molecular complexity index is 938. The zero-order chi connectivity index (χ0) is 18.5. The van der Waals surface area contributed by atoms with E-state index in [0.717, 1.165) is 5.56 Å². The van der Waals surface area contributed by atoms with Gasteiger partial charge in [0.2, 0.25) is 0 Å². The molecule has 2 aromatic carbocycles. The molecule has 0 amide bonds. The molecule has 0 bridgehead atoms. The van der Waals surface area contributed by atoms with Gasteiger partial charge < -0.3 is 4.74 Å². The summed E-state index contributed by atoms with van der Waals surface area (Å²) in [5, 5.41) is 7.92. The van der Waals surface area contributed by atoms with Crippen LogP contribution in [0, 0.1) is 5.82 Å². The Balaban J connectivity index is 2.09. The highest BCUT2D eigenvalue weighted by atomic mass is 19.1. The van der Waals surface area contributed by atoms with Crippen molar-refractivity contribution in [3.63, 3.8) is 0 Å². The number of hydrogen-bond acceptors (Lipinski definition) is 5.